The van der Waals surface area contributed by atoms with E-state index in [4.69, 9.17) is 20.8 Å². The molecule has 0 unspecified atom stereocenters. The van der Waals surface area contributed by atoms with Crippen LogP contribution >= 0.6 is 11.6 Å². The Kier molecular flexibility index (Phi) is 2.36. The van der Waals surface area contributed by atoms with Crippen LogP contribution in [0, 0.1) is 0 Å². The molecule has 0 aromatic carbocycles. The molecule has 78 valence electrons. The molecule has 14 heavy (non-hydrogen) atoms. The molecule has 1 aliphatic heterocycles. The van der Waals surface area contributed by atoms with Gasteiger partial charge in [-0.25, -0.2) is 0 Å². The molecule has 1 aromatic rings. The van der Waals surface area contributed by atoms with Crippen molar-refractivity contribution in [3.63, 3.8) is 0 Å². The van der Waals surface area contributed by atoms with E-state index in [9.17, 15) is 0 Å². The first kappa shape index (κ1) is 9.73. The molecule has 1 aromatic heterocycles. The van der Waals surface area contributed by atoms with E-state index in [1.54, 1.807) is 7.11 Å². The Labute approximate surface area is 87.0 Å². The molecule has 0 amide bonds. The number of halogens is 1. The van der Waals surface area contributed by atoms with E-state index in [-0.39, 0.29) is 11.5 Å². The molecule has 0 N–H and O–H groups in total. The van der Waals surface area contributed by atoms with E-state index >= 15 is 0 Å². The van der Waals surface area contributed by atoms with Crippen LogP contribution in [-0.2, 0) is 10.6 Å². The van der Waals surface area contributed by atoms with E-state index in [0.717, 1.165) is 13.1 Å². The highest BCUT2D eigenvalue weighted by molar-refractivity contribution is 6.16. The van der Waals surface area contributed by atoms with E-state index in [1.165, 1.54) is 0 Å². The van der Waals surface area contributed by atoms with Crippen molar-refractivity contribution in [3.8, 4) is 0 Å². The summed E-state index contributed by atoms with van der Waals surface area (Å²) < 4.78 is 10.6. The first-order valence-electron chi connectivity index (χ1n) is 4.35. The molecule has 0 saturated carbocycles. The number of anilines is 1. The molecule has 1 aliphatic rings. The maximum absolute atomic E-state index is 5.55. The van der Waals surface area contributed by atoms with Gasteiger partial charge in [0, 0.05) is 7.11 Å². The topological polar surface area (TPSA) is 51.4 Å². The number of methoxy groups -OCH3 is 1. The molecular formula is C8H12ClN3O2. The number of hydrogen-bond donors (Lipinski definition) is 0. The lowest BCUT2D eigenvalue weighted by atomic mass is 9.97. The second-order valence-electron chi connectivity index (χ2n) is 3.62. The molecule has 5 nitrogen and oxygen atoms in total. The van der Waals surface area contributed by atoms with Crippen LogP contribution in [0.15, 0.2) is 4.42 Å². The monoisotopic (exact) mass is 217 g/mol. The molecule has 2 rings (SSSR count). The second-order valence-corrected chi connectivity index (χ2v) is 3.89. The van der Waals surface area contributed by atoms with Crippen molar-refractivity contribution < 1.29 is 9.15 Å². The zero-order valence-electron chi connectivity index (χ0n) is 8.16. The largest absolute Gasteiger partial charge is 0.407 e. The lowest BCUT2D eigenvalue weighted by Crippen LogP contribution is -2.61. The zero-order valence-corrected chi connectivity index (χ0v) is 8.91. The normalized spacial score (nSPS) is 19.5. The summed E-state index contributed by atoms with van der Waals surface area (Å²) in [5.41, 5.74) is -0.0877. The number of hydrogen-bond acceptors (Lipinski definition) is 5. The van der Waals surface area contributed by atoms with Gasteiger partial charge in [0.2, 0.25) is 5.89 Å². The van der Waals surface area contributed by atoms with Crippen molar-refractivity contribution in [1.29, 1.82) is 0 Å². The van der Waals surface area contributed by atoms with E-state index in [0.29, 0.717) is 11.9 Å². The van der Waals surface area contributed by atoms with Gasteiger partial charge in [-0.15, -0.1) is 16.7 Å². The standard InChI is InChI=1S/C8H12ClN3O2/c1-8(13-2)4-12(5-8)7-11-10-6(3-9)14-7/h3-5H2,1-2H3. The molecule has 6 heteroatoms. The Hall–Kier alpha value is -0.810. The predicted octanol–water partition coefficient (Wildman–Crippen LogP) is 1.03. The van der Waals surface area contributed by atoms with Crippen molar-refractivity contribution in [2.45, 2.75) is 18.4 Å². The Morgan fingerprint density at radius 1 is 1.57 bits per heavy atom. The fraction of sp³-hybridized carbons (Fsp3) is 0.750. The van der Waals surface area contributed by atoms with Gasteiger partial charge in [0.05, 0.1) is 13.1 Å². The number of aromatic nitrogens is 2. The van der Waals surface area contributed by atoms with E-state index in [1.807, 2.05) is 11.8 Å². The highest BCUT2D eigenvalue weighted by Gasteiger charge is 2.41. The van der Waals surface area contributed by atoms with Crippen LogP contribution in [0.25, 0.3) is 0 Å². The summed E-state index contributed by atoms with van der Waals surface area (Å²) >= 11 is 5.55. The molecule has 0 bridgehead atoms. The van der Waals surface area contributed by atoms with Crippen LogP contribution in [0.2, 0.25) is 0 Å². The molecule has 1 fully saturated rings. The number of rotatable bonds is 3. The quantitative estimate of drug-likeness (QED) is 0.708. The molecular weight excluding hydrogens is 206 g/mol. The van der Waals surface area contributed by atoms with Gasteiger partial charge in [0.25, 0.3) is 0 Å². The minimum atomic E-state index is -0.0877. The summed E-state index contributed by atoms with van der Waals surface area (Å²) in [6.45, 7) is 3.59. The van der Waals surface area contributed by atoms with Crippen molar-refractivity contribution in [1.82, 2.24) is 10.2 Å². The van der Waals surface area contributed by atoms with Gasteiger partial charge in [-0.05, 0) is 6.92 Å². The fourth-order valence-electron chi connectivity index (χ4n) is 1.45. The molecule has 0 atom stereocenters. The van der Waals surface area contributed by atoms with Gasteiger partial charge >= 0.3 is 6.01 Å². The van der Waals surface area contributed by atoms with Gasteiger partial charge in [0.1, 0.15) is 11.5 Å². The highest BCUT2D eigenvalue weighted by atomic mass is 35.5. The van der Waals surface area contributed by atoms with Crippen LogP contribution in [0.4, 0.5) is 6.01 Å². The average molecular weight is 218 g/mol. The third-order valence-corrected chi connectivity index (χ3v) is 2.61. The minimum absolute atomic E-state index is 0.0877. The van der Waals surface area contributed by atoms with Gasteiger partial charge < -0.3 is 14.1 Å². The van der Waals surface area contributed by atoms with Crippen molar-refractivity contribution >= 4 is 17.6 Å². The number of alkyl halides is 1. The fourth-order valence-corrected chi connectivity index (χ4v) is 1.56. The molecule has 0 aliphatic carbocycles. The first-order chi connectivity index (χ1) is 6.67. The van der Waals surface area contributed by atoms with Gasteiger partial charge in [-0.1, -0.05) is 5.10 Å². The Morgan fingerprint density at radius 2 is 2.29 bits per heavy atom. The van der Waals surface area contributed by atoms with Crippen molar-refractivity contribution in [3.05, 3.63) is 5.89 Å². The first-order valence-corrected chi connectivity index (χ1v) is 4.89. The van der Waals surface area contributed by atoms with Crippen LogP contribution in [-0.4, -0.2) is 36.0 Å². The smallest absolute Gasteiger partial charge is 0.318 e. The minimum Gasteiger partial charge on any atom is -0.407 e. The summed E-state index contributed by atoms with van der Waals surface area (Å²) in [6, 6.07) is 0.523. The third-order valence-electron chi connectivity index (χ3n) is 2.38. The zero-order chi connectivity index (χ0) is 10.2. The maximum Gasteiger partial charge on any atom is 0.318 e. The van der Waals surface area contributed by atoms with Gasteiger partial charge in [-0.2, -0.15) is 0 Å². The lowest BCUT2D eigenvalue weighted by Gasteiger charge is -2.45. The number of nitrogens with zero attached hydrogens (tertiary/aromatic N) is 3. The lowest BCUT2D eigenvalue weighted by molar-refractivity contribution is -0.0191. The summed E-state index contributed by atoms with van der Waals surface area (Å²) in [5, 5.41) is 7.66. The second kappa shape index (κ2) is 3.40. The maximum atomic E-state index is 5.55. The van der Waals surface area contributed by atoms with Crippen molar-refractivity contribution in [2.75, 3.05) is 25.1 Å². The molecule has 0 spiro atoms. The molecule has 1 saturated heterocycles. The summed E-state index contributed by atoms with van der Waals surface area (Å²) in [5.74, 6) is 0.704. The molecule has 2 heterocycles. The Balaban J connectivity index is 1.99. The van der Waals surface area contributed by atoms with Crippen LogP contribution in [0.1, 0.15) is 12.8 Å². The van der Waals surface area contributed by atoms with Crippen LogP contribution in [0.5, 0.6) is 0 Å². The Bertz CT molecular complexity index is 322. The van der Waals surface area contributed by atoms with Crippen molar-refractivity contribution in [2.24, 2.45) is 0 Å². The predicted molar refractivity (Wildman–Crippen MR) is 51.5 cm³/mol. The van der Waals surface area contributed by atoms with Crippen LogP contribution in [0.3, 0.4) is 0 Å². The molecule has 0 radical (unpaired) electrons. The van der Waals surface area contributed by atoms with E-state index in [2.05, 4.69) is 10.2 Å². The Morgan fingerprint density at radius 3 is 2.79 bits per heavy atom. The summed E-state index contributed by atoms with van der Waals surface area (Å²) in [7, 11) is 1.70. The van der Waals surface area contributed by atoms with E-state index < -0.39 is 0 Å². The summed E-state index contributed by atoms with van der Waals surface area (Å²) in [4.78, 5) is 1.96. The number of ether oxygens (including phenoxy) is 1. The highest BCUT2D eigenvalue weighted by Crippen LogP contribution is 2.28. The van der Waals surface area contributed by atoms with Gasteiger partial charge in [0.15, 0.2) is 0 Å². The third kappa shape index (κ3) is 1.57. The summed E-state index contributed by atoms with van der Waals surface area (Å²) in [6.07, 6.45) is 0. The average Bonchev–Trinajstić information content (AvgIpc) is 2.61. The SMILES string of the molecule is COC1(C)CN(c2nnc(CCl)o2)C1. The van der Waals surface area contributed by atoms with Gasteiger partial charge in [-0.3, -0.25) is 0 Å². The van der Waals surface area contributed by atoms with Crippen LogP contribution < -0.4 is 4.90 Å².